The summed E-state index contributed by atoms with van der Waals surface area (Å²) in [5, 5.41) is 16.7. The van der Waals surface area contributed by atoms with Gasteiger partial charge in [-0.25, -0.2) is 4.79 Å². The fourth-order valence-corrected chi connectivity index (χ4v) is 0.504. The summed E-state index contributed by atoms with van der Waals surface area (Å²) in [6.07, 6.45) is -1.23. The van der Waals surface area contributed by atoms with Gasteiger partial charge in [0.05, 0.1) is 0 Å². The maximum atomic E-state index is 9.89. The van der Waals surface area contributed by atoms with Crippen molar-refractivity contribution in [3.05, 3.63) is 0 Å². The molecule has 0 heterocycles. The van der Waals surface area contributed by atoms with Gasteiger partial charge in [0.25, 0.3) is 0 Å². The molecule has 0 aliphatic rings. The summed E-state index contributed by atoms with van der Waals surface area (Å²) in [7, 11) is 0. The van der Waals surface area contributed by atoms with E-state index < -0.39 is 12.1 Å². The number of alkyl halides is 1. The van der Waals surface area contributed by atoms with Crippen molar-refractivity contribution >= 4 is 28.6 Å². The van der Waals surface area contributed by atoms with Crippen molar-refractivity contribution in [2.24, 2.45) is 0 Å². The molecule has 48 valence electrons. The van der Waals surface area contributed by atoms with Crippen LogP contribution in [0.1, 0.15) is 6.92 Å². The van der Waals surface area contributed by atoms with E-state index in [4.69, 9.17) is 10.2 Å². The van der Waals surface area contributed by atoms with E-state index in [1.54, 1.807) is 6.92 Å². The molecular weight excluding hydrogens is 223 g/mol. The second-order valence-corrected chi connectivity index (χ2v) is 3.43. The number of carboxylic acids is 1. The molecule has 0 radical (unpaired) electrons. The smallest absolute Gasteiger partial charge is 0.333 e. The molecule has 4 heteroatoms. The minimum Gasteiger partial charge on any atom is -0.479 e. The second-order valence-electron chi connectivity index (χ2n) is 1.46. The van der Waals surface area contributed by atoms with Crippen LogP contribution in [0.5, 0.6) is 0 Å². The van der Waals surface area contributed by atoms with Crippen molar-refractivity contribution in [2.75, 3.05) is 0 Å². The quantitative estimate of drug-likeness (QED) is 0.528. The monoisotopic (exact) mass is 230 g/mol. The van der Waals surface area contributed by atoms with E-state index >= 15 is 0 Å². The third-order valence-corrected chi connectivity index (χ3v) is 1.37. The van der Waals surface area contributed by atoms with Crippen molar-refractivity contribution in [1.29, 1.82) is 0 Å². The Kier molecular flexibility index (Phi) is 3.30. The number of hydrogen-bond donors (Lipinski definition) is 2. The van der Waals surface area contributed by atoms with Gasteiger partial charge in [0.15, 0.2) is 6.10 Å². The van der Waals surface area contributed by atoms with Crippen LogP contribution in [0.4, 0.5) is 0 Å². The summed E-state index contributed by atoms with van der Waals surface area (Å²) < 4.78 is -0.231. The number of aliphatic carboxylic acids is 1. The minimum absolute atomic E-state index is 0.231. The van der Waals surface area contributed by atoms with Crippen LogP contribution in [-0.4, -0.2) is 26.2 Å². The molecule has 0 fully saturated rings. The standard InChI is InChI=1S/C4H7IO3/c1-2(5)3(6)4(7)8/h2-3,6H,1H3,(H,7,8). The Labute approximate surface area is 60.8 Å². The molecule has 0 saturated carbocycles. The van der Waals surface area contributed by atoms with Crippen LogP contribution in [0.3, 0.4) is 0 Å². The predicted molar refractivity (Wildman–Crippen MR) is 37.1 cm³/mol. The van der Waals surface area contributed by atoms with Crippen molar-refractivity contribution in [1.82, 2.24) is 0 Å². The molecule has 8 heavy (non-hydrogen) atoms. The molecule has 0 aromatic heterocycles. The second kappa shape index (κ2) is 3.24. The predicted octanol–water partition coefficient (Wildman–Crippen LogP) is 0.255. The molecule has 0 aliphatic heterocycles. The highest BCUT2D eigenvalue weighted by Crippen LogP contribution is 2.03. The molecule has 0 bridgehead atoms. The first-order valence-corrected chi connectivity index (χ1v) is 3.35. The molecular formula is C4H7IO3. The van der Waals surface area contributed by atoms with E-state index in [-0.39, 0.29) is 3.92 Å². The normalized spacial score (nSPS) is 17.4. The Bertz CT molecular complexity index is 91.3. The summed E-state index contributed by atoms with van der Waals surface area (Å²) in [5.74, 6) is -1.16. The lowest BCUT2D eigenvalue weighted by Crippen LogP contribution is -2.27. The van der Waals surface area contributed by atoms with Crippen LogP contribution in [0.2, 0.25) is 0 Å². The topological polar surface area (TPSA) is 57.5 Å². The Morgan fingerprint density at radius 1 is 1.75 bits per heavy atom. The molecule has 0 amide bonds. The number of rotatable bonds is 2. The Hall–Kier alpha value is 0.160. The zero-order chi connectivity index (χ0) is 6.73. The van der Waals surface area contributed by atoms with Gasteiger partial charge >= 0.3 is 5.97 Å². The van der Waals surface area contributed by atoms with Gasteiger partial charge in [-0.2, -0.15) is 0 Å². The van der Waals surface area contributed by atoms with Gasteiger partial charge in [-0.3, -0.25) is 0 Å². The summed E-state index contributed by atoms with van der Waals surface area (Å²) in [5.41, 5.74) is 0. The number of carbonyl (C=O) groups is 1. The van der Waals surface area contributed by atoms with Gasteiger partial charge in [-0.1, -0.05) is 29.5 Å². The van der Waals surface area contributed by atoms with Gasteiger partial charge in [-0.15, -0.1) is 0 Å². The van der Waals surface area contributed by atoms with E-state index in [0.29, 0.717) is 0 Å². The van der Waals surface area contributed by atoms with Gasteiger partial charge in [0, 0.05) is 3.92 Å². The van der Waals surface area contributed by atoms with Crippen molar-refractivity contribution in [3.8, 4) is 0 Å². The highest BCUT2D eigenvalue weighted by Gasteiger charge is 2.17. The summed E-state index contributed by atoms with van der Waals surface area (Å²) in [6.45, 7) is 1.64. The average Bonchev–Trinajstić information content (AvgIpc) is 1.64. The third-order valence-electron chi connectivity index (χ3n) is 0.688. The number of aliphatic hydroxyl groups is 1. The van der Waals surface area contributed by atoms with Crippen LogP contribution < -0.4 is 0 Å². The zero-order valence-electron chi connectivity index (χ0n) is 4.34. The highest BCUT2D eigenvalue weighted by atomic mass is 127. The molecule has 2 N–H and O–H groups in total. The Balaban J connectivity index is 3.64. The van der Waals surface area contributed by atoms with Crippen LogP contribution in [-0.2, 0) is 4.79 Å². The largest absolute Gasteiger partial charge is 0.479 e. The fraction of sp³-hybridized carbons (Fsp3) is 0.750. The summed E-state index contributed by atoms with van der Waals surface area (Å²) >= 11 is 1.85. The average molecular weight is 230 g/mol. The van der Waals surface area contributed by atoms with Crippen molar-refractivity contribution in [2.45, 2.75) is 17.0 Å². The van der Waals surface area contributed by atoms with E-state index in [1.807, 2.05) is 22.6 Å². The number of carboxylic acid groups (broad SMARTS) is 1. The lowest BCUT2D eigenvalue weighted by molar-refractivity contribution is -0.146. The molecule has 0 aliphatic carbocycles. The molecule has 3 nitrogen and oxygen atoms in total. The minimum atomic E-state index is -1.23. The van der Waals surface area contributed by atoms with E-state index in [1.165, 1.54) is 0 Å². The zero-order valence-corrected chi connectivity index (χ0v) is 6.49. The number of hydrogen-bond acceptors (Lipinski definition) is 2. The van der Waals surface area contributed by atoms with Crippen LogP contribution in [0, 0.1) is 0 Å². The summed E-state index contributed by atoms with van der Waals surface area (Å²) in [6, 6.07) is 0. The fourth-order valence-electron chi connectivity index (χ4n) is 0.196. The van der Waals surface area contributed by atoms with Gasteiger partial charge in [-0.05, 0) is 0 Å². The van der Waals surface area contributed by atoms with Gasteiger partial charge in [0.1, 0.15) is 0 Å². The van der Waals surface area contributed by atoms with Crippen LogP contribution in [0.25, 0.3) is 0 Å². The first-order chi connectivity index (χ1) is 3.55. The third kappa shape index (κ3) is 2.46. The van der Waals surface area contributed by atoms with Crippen molar-refractivity contribution < 1.29 is 15.0 Å². The molecule has 0 aromatic carbocycles. The lowest BCUT2D eigenvalue weighted by Gasteiger charge is -2.04. The summed E-state index contributed by atoms with van der Waals surface area (Å²) in [4.78, 5) is 9.89. The molecule has 0 aromatic rings. The molecule has 0 saturated heterocycles. The first kappa shape index (κ1) is 8.16. The first-order valence-electron chi connectivity index (χ1n) is 2.10. The lowest BCUT2D eigenvalue weighted by atomic mass is 10.3. The van der Waals surface area contributed by atoms with Gasteiger partial charge < -0.3 is 10.2 Å². The number of aliphatic hydroxyl groups excluding tert-OH is 1. The maximum Gasteiger partial charge on any atom is 0.333 e. The number of halogens is 1. The Morgan fingerprint density at radius 2 is 2.12 bits per heavy atom. The van der Waals surface area contributed by atoms with Crippen LogP contribution >= 0.6 is 22.6 Å². The van der Waals surface area contributed by atoms with Crippen LogP contribution in [0.15, 0.2) is 0 Å². The molecule has 0 rings (SSSR count). The highest BCUT2D eigenvalue weighted by molar-refractivity contribution is 14.1. The molecule has 2 atom stereocenters. The van der Waals surface area contributed by atoms with Gasteiger partial charge in [0.2, 0.25) is 0 Å². The maximum absolute atomic E-state index is 9.89. The molecule has 0 spiro atoms. The van der Waals surface area contributed by atoms with E-state index in [9.17, 15) is 4.79 Å². The Morgan fingerprint density at radius 3 is 2.12 bits per heavy atom. The van der Waals surface area contributed by atoms with Crippen molar-refractivity contribution in [3.63, 3.8) is 0 Å². The molecule has 2 unspecified atom stereocenters. The SMILES string of the molecule is CC(I)C(O)C(=O)O. The van der Waals surface area contributed by atoms with E-state index in [0.717, 1.165) is 0 Å². The van der Waals surface area contributed by atoms with E-state index in [2.05, 4.69) is 0 Å².